The first kappa shape index (κ1) is 16.7. The molecule has 0 radical (unpaired) electrons. The summed E-state index contributed by atoms with van der Waals surface area (Å²) in [5.41, 5.74) is 1.00. The van der Waals surface area contributed by atoms with E-state index < -0.39 is 9.84 Å². The molecule has 1 fully saturated rings. The van der Waals surface area contributed by atoms with Crippen molar-refractivity contribution in [3.05, 3.63) is 28.2 Å². The molecule has 1 aliphatic heterocycles. The third kappa shape index (κ3) is 4.95. The van der Waals surface area contributed by atoms with E-state index in [0.29, 0.717) is 19.6 Å². The highest BCUT2D eigenvalue weighted by Gasteiger charge is 2.30. The van der Waals surface area contributed by atoms with Crippen molar-refractivity contribution in [2.45, 2.75) is 19.1 Å². The van der Waals surface area contributed by atoms with Crippen LogP contribution in [0.5, 0.6) is 5.75 Å². The molecule has 1 unspecified atom stereocenters. The van der Waals surface area contributed by atoms with Crippen LogP contribution in [-0.2, 0) is 21.1 Å². The van der Waals surface area contributed by atoms with Crippen molar-refractivity contribution >= 4 is 25.8 Å². The number of ether oxygens (including phenoxy) is 2. The smallest absolute Gasteiger partial charge is 0.154 e. The lowest BCUT2D eigenvalue weighted by Gasteiger charge is -2.17. The van der Waals surface area contributed by atoms with Gasteiger partial charge < -0.3 is 14.8 Å². The topological polar surface area (TPSA) is 64.6 Å². The molecule has 1 N–H and O–H groups in total. The average Bonchev–Trinajstić information content (AvgIpc) is 2.77. The van der Waals surface area contributed by atoms with E-state index in [-0.39, 0.29) is 17.6 Å². The van der Waals surface area contributed by atoms with Crippen LogP contribution < -0.4 is 10.1 Å². The van der Waals surface area contributed by atoms with E-state index in [2.05, 4.69) is 21.2 Å². The van der Waals surface area contributed by atoms with Crippen molar-refractivity contribution in [1.82, 2.24) is 5.32 Å². The first-order valence-electron chi connectivity index (χ1n) is 6.86. The number of hydrogen-bond donors (Lipinski definition) is 1. The van der Waals surface area contributed by atoms with Gasteiger partial charge in [0.25, 0.3) is 0 Å². The van der Waals surface area contributed by atoms with Crippen LogP contribution >= 0.6 is 15.9 Å². The molecule has 1 aromatic carbocycles. The Labute approximate surface area is 134 Å². The molecule has 5 nitrogen and oxygen atoms in total. The Bertz CT molecular complexity index is 576. The van der Waals surface area contributed by atoms with Gasteiger partial charge in [0.05, 0.1) is 22.6 Å². The van der Waals surface area contributed by atoms with Gasteiger partial charge in [0, 0.05) is 25.8 Å². The molecule has 1 atom stereocenters. The monoisotopic (exact) mass is 377 g/mol. The molecular formula is C14H20BrNO4S. The molecule has 0 bridgehead atoms. The summed E-state index contributed by atoms with van der Waals surface area (Å²) in [6.45, 7) is 2.04. The van der Waals surface area contributed by atoms with Gasteiger partial charge in [0.2, 0.25) is 0 Å². The van der Waals surface area contributed by atoms with Crippen LogP contribution in [0, 0.1) is 0 Å². The average molecular weight is 378 g/mol. The summed E-state index contributed by atoms with van der Waals surface area (Å²) in [7, 11) is -1.28. The Morgan fingerprint density at radius 1 is 1.43 bits per heavy atom. The number of sulfone groups is 1. The maximum absolute atomic E-state index is 11.5. The molecule has 0 saturated carbocycles. The lowest BCUT2D eigenvalue weighted by Crippen LogP contribution is -2.22. The molecule has 21 heavy (non-hydrogen) atoms. The van der Waals surface area contributed by atoms with E-state index in [0.717, 1.165) is 22.3 Å². The highest BCUT2D eigenvalue weighted by atomic mass is 79.9. The molecule has 1 saturated heterocycles. The van der Waals surface area contributed by atoms with Crippen molar-refractivity contribution < 1.29 is 17.9 Å². The van der Waals surface area contributed by atoms with Gasteiger partial charge in [-0.05, 0) is 28.4 Å². The number of methoxy groups -OCH3 is 1. The highest BCUT2D eigenvalue weighted by molar-refractivity contribution is 9.10. The fourth-order valence-corrected chi connectivity index (χ4v) is 4.33. The Morgan fingerprint density at radius 2 is 2.24 bits per heavy atom. The van der Waals surface area contributed by atoms with Crippen LogP contribution in [0.15, 0.2) is 22.7 Å². The van der Waals surface area contributed by atoms with Crippen molar-refractivity contribution in [2.24, 2.45) is 0 Å². The van der Waals surface area contributed by atoms with E-state index in [9.17, 15) is 8.42 Å². The number of nitrogens with one attached hydrogen (secondary N) is 1. The third-order valence-corrected chi connectivity index (χ3v) is 5.68. The van der Waals surface area contributed by atoms with E-state index in [1.807, 2.05) is 18.2 Å². The summed E-state index contributed by atoms with van der Waals surface area (Å²) in [4.78, 5) is 0. The van der Waals surface area contributed by atoms with Crippen molar-refractivity contribution in [1.29, 1.82) is 0 Å². The second-order valence-corrected chi connectivity index (χ2v) is 8.12. The van der Waals surface area contributed by atoms with Crippen LogP contribution in [0.3, 0.4) is 0 Å². The van der Waals surface area contributed by atoms with Gasteiger partial charge in [0.1, 0.15) is 11.9 Å². The normalized spacial score (nSPS) is 20.6. The summed E-state index contributed by atoms with van der Waals surface area (Å²) < 4.78 is 34.8. The molecule has 0 amide bonds. The standard InChI is InChI=1S/C14H20BrNO4S/c1-19-7-6-16-9-11-3-2-4-13(15)14(11)20-12-5-8-21(17,18)10-12/h2-4,12,16H,5-10H2,1H3. The summed E-state index contributed by atoms with van der Waals surface area (Å²) in [6.07, 6.45) is 0.298. The molecule has 2 rings (SSSR count). The predicted molar refractivity (Wildman–Crippen MR) is 85.4 cm³/mol. The first-order valence-corrected chi connectivity index (χ1v) is 9.47. The number of hydrogen-bond acceptors (Lipinski definition) is 5. The SMILES string of the molecule is COCCNCc1cccc(Br)c1OC1CCS(=O)(=O)C1. The Hall–Kier alpha value is -0.630. The zero-order valence-corrected chi connectivity index (χ0v) is 14.4. The second kappa shape index (κ2) is 7.58. The minimum absolute atomic E-state index is 0.102. The summed E-state index contributed by atoms with van der Waals surface area (Å²) in [5.74, 6) is 1.04. The maximum Gasteiger partial charge on any atom is 0.154 e. The van der Waals surface area contributed by atoms with Gasteiger partial charge in [-0.25, -0.2) is 8.42 Å². The van der Waals surface area contributed by atoms with Crippen LogP contribution in [0.4, 0.5) is 0 Å². The second-order valence-electron chi connectivity index (χ2n) is 5.04. The van der Waals surface area contributed by atoms with Gasteiger partial charge in [-0.3, -0.25) is 0 Å². The minimum Gasteiger partial charge on any atom is -0.488 e. The van der Waals surface area contributed by atoms with Crippen LogP contribution in [0.1, 0.15) is 12.0 Å². The van der Waals surface area contributed by atoms with Crippen molar-refractivity contribution in [2.75, 3.05) is 31.8 Å². The molecule has 0 aromatic heterocycles. The largest absolute Gasteiger partial charge is 0.488 e. The van der Waals surface area contributed by atoms with Crippen molar-refractivity contribution in [3.8, 4) is 5.75 Å². The minimum atomic E-state index is -2.94. The Balaban J connectivity index is 2.03. The molecule has 7 heteroatoms. The van der Waals surface area contributed by atoms with Crippen LogP contribution in [-0.4, -0.2) is 46.3 Å². The summed E-state index contributed by atoms with van der Waals surface area (Å²) in [5, 5.41) is 3.27. The number of benzene rings is 1. The zero-order valence-electron chi connectivity index (χ0n) is 12.0. The van der Waals surface area contributed by atoms with E-state index in [4.69, 9.17) is 9.47 Å². The fraction of sp³-hybridized carbons (Fsp3) is 0.571. The van der Waals surface area contributed by atoms with Crippen molar-refractivity contribution in [3.63, 3.8) is 0 Å². The van der Waals surface area contributed by atoms with E-state index in [1.54, 1.807) is 7.11 Å². The first-order chi connectivity index (χ1) is 10.0. The van der Waals surface area contributed by atoms with Gasteiger partial charge in [-0.1, -0.05) is 12.1 Å². The fourth-order valence-electron chi connectivity index (χ4n) is 2.24. The van der Waals surface area contributed by atoms with Gasteiger partial charge >= 0.3 is 0 Å². The van der Waals surface area contributed by atoms with Gasteiger partial charge in [0.15, 0.2) is 9.84 Å². The van der Waals surface area contributed by atoms with Crippen LogP contribution in [0.2, 0.25) is 0 Å². The zero-order chi connectivity index (χ0) is 15.3. The summed E-state index contributed by atoms with van der Waals surface area (Å²) in [6, 6.07) is 5.82. The Kier molecular flexibility index (Phi) is 6.04. The highest BCUT2D eigenvalue weighted by Crippen LogP contribution is 2.31. The van der Waals surface area contributed by atoms with Crippen LogP contribution in [0.25, 0.3) is 0 Å². The number of halogens is 1. The lowest BCUT2D eigenvalue weighted by atomic mass is 10.2. The molecule has 0 aliphatic carbocycles. The molecule has 1 aliphatic rings. The number of para-hydroxylation sites is 1. The van der Waals surface area contributed by atoms with E-state index >= 15 is 0 Å². The number of rotatable bonds is 7. The van der Waals surface area contributed by atoms with E-state index in [1.165, 1.54) is 0 Å². The molecule has 1 aromatic rings. The van der Waals surface area contributed by atoms with Gasteiger partial charge in [-0.15, -0.1) is 0 Å². The Morgan fingerprint density at radius 3 is 2.90 bits per heavy atom. The predicted octanol–water partition coefficient (Wildman–Crippen LogP) is 1.75. The van der Waals surface area contributed by atoms with Gasteiger partial charge in [-0.2, -0.15) is 0 Å². The maximum atomic E-state index is 11.5. The molecule has 0 spiro atoms. The summed E-state index contributed by atoms with van der Waals surface area (Å²) >= 11 is 3.48. The molecule has 1 heterocycles. The molecular weight excluding hydrogens is 358 g/mol. The lowest BCUT2D eigenvalue weighted by molar-refractivity contribution is 0.198. The quantitative estimate of drug-likeness (QED) is 0.733. The third-order valence-electron chi connectivity index (χ3n) is 3.32. The molecule has 118 valence electrons.